The molecule has 0 spiro atoms. The van der Waals surface area contributed by atoms with Crippen LogP contribution < -0.4 is 0 Å². The van der Waals surface area contributed by atoms with Gasteiger partial charge < -0.3 is 5.11 Å². The summed E-state index contributed by atoms with van der Waals surface area (Å²) >= 11 is 3.80. The van der Waals surface area contributed by atoms with E-state index in [1.165, 1.54) is 52.2 Å². The number of hydrogen-bond acceptors (Lipinski definition) is 5. The number of thiophene rings is 2. The Bertz CT molecular complexity index is 2210. The number of hydrogen-bond donors (Lipinski definition) is 1. The fraction of sp³-hybridized carbons (Fsp3) is 0.435. The van der Waals surface area contributed by atoms with Gasteiger partial charge in [-0.25, -0.2) is 0 Å². The minimum absolute atomic E-state index is 0. The first kappa shape index (κ1) is 41.9. The van der Waals surface area contributed by atoms with Gasteiger partial charge in [-0.1, -0.05) is 105 Å². The smallest absolute Gasteiger partial charge is 0.164 e. The van der Waals surface area contributed by atoms with Crippen molar-refractivity contribution < 1.29 is 30.0 Å². The molecule has 6 heteroatoms. The quantitative estimate of drug-likeness (QED) is 0.0846. The van der Waals surface area contributed by atoms with Gasteiger partial charge in [-0.2, -0.15) is 0 Å². The first-order valence-electron chi connectivity index (χ1n) is 18.7. The van der Waals surface area contributed by atoms with Crippen LogP contribution in [-0.4, -0.2) is 15.9 Å². The molecule has 6 aromatic rings. The van der Waals surface area contributed by atoms with Crippen molar-refractivity contribution in [1.29, 1.82) is 0 Å². The maximum atomic E-state index is 12.2. The van der Waals surface area contributed by atoms with E-state index >= 15 is 0 Å². The third-order valence-corrected chi connectivity index (χ3v) is 13.4. The molecule has 0 aliphatic heterocycles. The predicted octanol–water partition coefficient (Wildman–Crippen LogP) is 14.4. The normalized spacial score (nSPS) is 12.8. The van der Waals surface area contributed by atoms with Crippen molar-refractivity contribution in [1.82, 2.24) is 4.98 Å². The van der Waals surface area contributed by atoms with Gasteiger partial charge in [-0.15, -0.1) is 51.8 Å². The molecule has 0 atom stereocenters. The van der Waals surface area contributed by atoms with E-state index < -0.39 is 0 Å². The van der Waals surface area contributed by atoms with Gasteiger partial charge in [-0.05, 0) is 78.5 Å². The van der Waals surface area contributed by atoms with Gasteiger partial charge in [0.05, 0.1) is 0 Å². The zero-order valence-electron chi connectivity index (χ0n) is 32.9. The largest absolute Gasteiger partial charge is 0.512 e. The molecule has 0 unspecified atom stereocenters. The summed E-state index contributed by atoms with van der Waals surface area (Å²) in [7, 11) is 0. The van der Waals surface area contributed by atoms with Crippen LogP contribution in [0.25, 0.3) is 52.3 Å². The van der Waals surface area contributed by atoms with E-state index in [0.717, 1.165) is 48.7 Å². The van der Waals surface area contributed by atoms with Gasteiger partial charge in [0.25, 0.3) is 0 Å². The van der Waals surface area contributed by atoms with Crippen molar-refractivity contribution in [2.45, 2.75) is 114 Å². The number of carbonyl (C=O) groups excluding carboxylic acids is 1. The van der Waals surface area contributed by atoms with Gasteiger partial charge in [-0.3, -0.25) is 9.78 Å². The van der Waals surface area contributed by atoms with Gasteiger partial charge in [0.15, 0.2) is 5.78 Å². The van der Waals surface area contributed by atoms with Gasteiger partial charge >= 0.3 is 0 Å². The Kier molecular flexibility index (Phi) is 13.4. The molecule has 3 aromatic carbocycles. The van der Waals surface area contributed by atoms with Crippen LogP contribution in [0.1, 0.15) is 112 Å². The van der Waals surface area contributed by atoms with E-state index in [4.69, 9.17) is 4.98 Å². The van der Waals surface area contributed by atoms with Crippen molar-refractivity contribution in [3.8, 4) is 11.3 Å². The topological polar surface area (TPSA) is 50.2 Å². The van der Waals surface area contributed by atoms with E-state index in [-0.39, 0.29) is 47.9 Å². The molecular formula is C46H56IrNO2S2-. The molecule has 3 heterocycles. The Hall–Kier alpha value is -2.89. The molecule has 0 bridgehead atoms. The molecule has 0 saturated carbocycles. The standard InChI is InChI=1S/C31H28NS2.C15H28O2.Ir/c1-18(2)12-22-14-20-16-28-25(17-27(20)33-22)24-10-11-32-29(30(24)34-28)21-13-19-8-6-7-9-23(19)26(15-21)31(3,4)5;1-7-14(5,8-2)12(16)11-13(17)15(6,9-3)10-4;/h6-11,14-18H,12H2,1-5H3;11,16H,7-10H2,1-6H3;/q-1;;/b;12-11-;. The Morgan fingerprint density at radius 1 is 0.827 bits per heavy atom. The van der Waals surface area contributed by atoms with Crippen LogP contribution >= 0.6 is 22.7 Å². The van der Waals surface area contributed by atoms with E-state index in [1.54, 1.807) is 0 Å². The van der Waals surface area contributed by atoms with Crippen molar-refractivity contribution in [2.24, 2.45) is 16.7 Å². The second-order valence-corrected chi connectivity index (χ2v) is 18.4. The number of aliphatic hydroxyl groups excluding tert-OH is 1. The number of nitrogens with zero attached hydrogens (tertiary/aromatic N) is 1. The predicted molar refractivity (Wildman–Crippen MR) is 225 cm³/mol. The number of benzene rings is 3. The Balaban J connectivity index is 0.000000289. The maximum Gasteiger partial charge on any atom is 0.164 e. The second-order valence-electron chi connectivity index (χ2n) is 16.2. The Labute approximate surface area is 333 Å². The number of carbonyl (C=O) groups is 1. The molecule has 0 fully saturated rings. The number of pyridine rings is 1. The summed E-state index contributed by atoms with van der Waals surface area (Å²) in [6.07, 6.45) is 7.87. The molecule has 52 heavy (non-hydrogen) atoms. The molecular weight excluding hydrogens is 855 g/mol. The molecule has 1 N–H and O–H groups in total. The van der Waals surface area contributed by atoms with E-state index in [9.17, 15) is 9.90 Å². The molecule has 6 rings (SSSR count). The SMILES string of the molecule is CC(C)Cc1cc2cc3sc4c(-c5[c-]c6ccccc6c(C(C)(C)C)c5)nccc4c3cc2s1.CCC(C)(CC)C(=O)/C=C(\O)C(C)(CC)CC.[Ir]. The van der Waals surface area contributed by atoms with Gasteiger partial charge in [0.2, 0.25) is 0 Å². The third kappa shape index (κ3) is 8.57. The Morgan fingerprint density at radius 3 is 2.10 bits per heavy atom. The molecule has 279 valence electrons. The summed E-state index contributed by atoms with van der Waals surface area (Å²) in [6.45, 7) is 23.5. The van der Waals surface area contributed by atoms with Crippen molar-refractivity contribution in [3.63, 3.8) is 0 Å². The molecule has 0 saturated heterocycles. The summed E-state index contributed by atoms with van der Waals surface area (Å²) in [5.74, 6) is 0.966. The number of fused-ring (bicyclic) bond motifs is 5. The van der Waals surface area contributed by atoms with E-state index in [1.807, 2.05) is 70.4 Å². The van der Waals surface area contributed by atoms with Gasteiger partial charge in [0, 0.05) is 73.3 Å². The summed E-state index contributed by atoms with van der Waals surface area (Å²) in [6, 6.07) is 23.9. The van der Waals surface area contributed by atoms with Crippen LogP contribution in [0.3, 0.4) is 0 Å². The fourth-order valence-electron chi connectivity index (χ4n) is 6.65. The van der Waals surface area contributed by atoms with E-state index in [2.05, 4.69) is 95.3 Å². The minimum atomic E-state index is -0.337. The molecule has 0 aliphatic carbocycles. The summed E-state index contributed by atoms with van der Waals surface area (Å²) in [4.78, 5) is 18.5. The second kappa shape index (κ2) is 16.6. The zero-order valence-corrected chi connectivity index (χ0v) is 36.9. The van der Waals surface area contributed by atoms with Crippen LogP contribution in [0, 0.1) is 22.8 Å². The average Bonchev–Trinajstić information content (AvgIpc) is 3.67. The maximum absolute atomic E-state index is 12.2. The first-order valence-corrected chi connectivity index (χ1v) is 20.4. The molecule has 3 aromatic heterocycles. The number of aliphatic hydroxyl groups is 1. The van der Waals surface area contributed by atoms with E-state index in [0.29, 0.717) is 5.92 Å². The third-order valence-electron chi connectivity index (χ3n) is 11.1. The number of ketones is 1. The summed E-state index contributed by atoms with van der Waals surface area (Å²) < 4.78 is 3.97. The van der Waals surface area contributed by atoms with Crippen molar-refractivity contribution in [3.05, 3.63) is 89.1 Å². The molecule has 0 aliphatic rings. The summed E-state index contributed by atoms with van der Waals surface area (Å²) in [5, 5.41) is 16.6. The number of allylic oxidation sites excluding steroid dienone is 2. The van der Waals surface area contributed by atoms with Crippen LogP contribution in [0.2, 0.25) is 0 Å². The zero-order chi connectivity index (χ0) is 37.3. The number of rotatable bonds is 10. The number of aromatic nitrogens is 1. The van der Waals surface area contributed by atoms with Crippen LogP contribution in [0.5, 0.6) is 0 Å². The minimum Gasteiger partial charge on any atom is -0.512 e. The Morgan fingerprint density at radius 2 is 1.48 bits per heavy atom. The van der Waals surface area contributed by atoms with Crippen LogP contribution in [0.4, 0.5) is 0 Å². The first-order chi connectivity index (χ1) is 24.1. The molecule has 0 amide bonds. The van der Waals surface area contributed by atoms with Crippen molar-refractivity contribution >= 4 is 69.5 Å². The van der Waals surface area contributed by atoms with Crippen LogP contribution in [0.15, 0.2) is 72.6 Å². The fourth-order valence-corrected chi connectivity index (χ4v) is 9.18. The van der Waals surface area contributed by atoms with Crippen molar-refractivity contribution in [2.75, 3.05) is 0 Å². The molecule has 3 nitrogen and oxygen atoms in total. The monoisotopic (exact) mass is 911 g/mol. The average molecular weight is 911 g/mol. The summed E-state index contributed by atoms with van der Waals surface area (Å²) in [5.41, 5.74) is 2.90. The van der Waals surface area contributed by atoms with Gasteiger partial charge in [0.1, 0.15) is 5.76 Å². The molecule has 1 radical (unpaired) electrons. The van der Waals surface area contributed by atoms with Crippen LogP contribution in [-0.2, 0) is 36.7 Å².